The van der Waals surface area contributed by atoms with Crippen LogP contribution in [0.3, 0.4) is 0 Å². The van der Waals surface area contributed by atoms with Gasteiger partial charge in [0.05, 0.1) is 5.02 Å². The summed E-state index contributed by atoms with van der Waals surface area (Å²) < 4.78 is 0. The molecular weight excluding hydrogens is 224 g/mol. The molecule has 5 heteroatoms. The van der Waals surface area contributed by atoms with Gasteiger partial charge in [0.25, 0.3) is 0 Å². The number of rotatable bonds is 3. The molecule has 2 heterocycles. The predicted molar refractivity (Wildman–Crippen MR) is 63.1 cm³/mol. The molecule has 1 aliphatic rings. The first-order valence-electron chi connectivity index (χ1n) is 5.26. The van der Waals surface area contributed by atoms with Crippen molar-refractivity contribution in [3.05, 3.63) is 35.1 Å². The van der Waals surface area contributed by atoms with Crippen molar-refractivity contribution in [3.8, 4) is 0 Å². The van der Waals surface area contributed by atoms with Gasteiger partial charge in [0.2, 0.25) is 0 Å². The maximum Gasteiger partial charge on any atom is 0.153 e. The molecule has 1 aliphatic carbocycles. The van der Waals surface area contributed by atoms with E-state index in [1.165, 1.54) is 18.5 Å². The molecule has 3 rings (SSSR count). The maximum atomic E-state index is 5.99. The Morgan fingerprint density at radius 2 is 2.31 bits per heavy atom. The van der Waals surface area contributed by atoms with Crippen LogP contribution in [0.15, 0.2) is 24.4 Å². The van der Waals surface area contributed by atoms with Gasteiger partial charge >= 0.3 is 0 Å². The molecule has 0 saturated heterocycles. The number of aromatic nitrogens is 3. The minimum absolute atomic E-state index is 0.596. The zero-order valence-electron chi connectivity index (χ0n) is 8.57. The summed E-state index contributed by atoms with van der Waals surface area (Å²) in [6.45, 7) is 0. The number of hydrogen-bond donors (Lipinski definition) is 2. The molecule has 0 atom stereocenters. The van der Waals surface area contributed by atoms with E-state index in [2.05, 4.69) is 20.5 Å². The molecular formula is C11H11ClN4. The van der Waals surface area contributed by atoms with E-state index in [0.29, 0.717) is 16.8 Å². The zero-order valence-corrected chi connectivity index (χ0v) is 9.33. The van der Waals surface area contributed by atoms with E-state index in [1.54, 1.807) is 18.3 Å². The second kappa shape index (κ2) is 3.79. The summed E-state index contributed by atoms with van der Waals surface area (Å²) in [6.07, 6.45) is 4.21. The number of halogens is 1. The third-order valence-corrected chi connectivity index (χ3v) is 2.92. The van der Waals surface area contributed by atoms with E-state index in [9.17, 15) is 0 Å². The first-order valence-corrected chi connectivity index (χ1v) is 5.63. The van der Waals surface area contributed by atoms with E-state index in [4.69, 9.17) is 11.6 Å². The van der Waals surface area contributed by atoms with E-state index < -0.39 is 0 Å². The van der Waals surface area contributed by atoms with Crippen LogP contribution in [0.4, 0.5) is 11.6 Å². The first-order chi connectivity index (χ1) is 7.83. The van der Waals surface area contributed by atoms with Crippen LogP contribution in [-0.4, -0.2) is 15.2 Å². The smallest absolute Gasteiger partial charge is 0.153 e. The SMILES string of the molecule is Clc1cccnc1Nc1cc(C2CC2)[nH]n1. The molecule has 1 saturated carbocycles. The summed E-state index contributed by atoms with van der Waals surface area (Å²) in [5.74, 6) is 2.07. The largest absolute Gasteiger partial charge is 0.322 e. The van der Waals surface area contributed by atoms with Gasteiger partial charge in [0, 0.05) is 23.9 Å². The molecule has 2 aromatic rings. The van der Waals surface area contributed by atoms with Crippen molar-refractivity contribution in [3.63, 3.8) is 0 Å². The van der Waals surface area contributed by atoms with Crippen LogP contribution in [0.2, 0.25) is 5.02 Å². The van der Waals surface area contributed by atoms with E-state index in [1.807, 2.05) is 6.07 Å². The van der Waals surface area contributed by atoms with Crippen molar-refractivity contribution < 1.29 is 0 Å². The van der Waals surface area contributed by atoms with Crippen LogP contribution in [0, 0.1) is 0 Å². The lowest BCUT2D eigenvalue weighted by atomic mass is 10.3. The quantitative estimate of drug-likeness (QED) is 0.858. The lowest BCUT2D eigenvalue weighted by molar-refractivity contribution is 0.966. The Balaban J connectivity index is 1.80. The van der Waals surface area contributed by atoms with E-state index in [-0.39, 0.29) is 0 Å². The van der Waals surface area contributed by atoms with E-state index >= 15 is 0 Å². The third kappa shape index (κ3) is 1.88. The van der Waals surface area contributed by atoms with Crippen molar-refractivity contribution in [2.45, 2.75) is 18.8 Å². The highest BCUT2D eigenvalue weighted by Gasteiger charge is 2.25. The normalized spacial score (nSPS) is 15.1. The lowest BCUT2D eigenvalue weighted by Crippen LogP contribution is -1.93. The number of hydrogen-bond acceptors (Lipinski definition) is 3. The summed E-state index contributed by atoms with van der Waals surface area (Å²) in [5.41, 5.74) is 1.19. The number of H-pyrrole nitrogens is 1. The van der Waals surface area contributed by atoms with Crippen molar-refractivity contribution in [1.82, 2.24) is 15.2 Å². The van der Waals surface area contributed by atoms with Crippen molar-refractivity contribution in [2.75, 3.05) is 5.32 Å². The van der Waals surface area contributed by atoms with Gasteiger partial charge in [-0.05, 0) is 25.0 Å². The zero-order chi connectivity index (χ0) is 11.0. The monoisotopic (exact) mass is 234 g/mol. The van der Waals surface area contributed by atoms with Crippen molar-refractivity contribution in [2.24, 2.45) is 0 Å². The summed E-state index contributed by atoms with van der Waals surface area (Å²) >= 11 is 5.99. The molecule has 2 N–H and O–H groups in total. The topological polar surface area (TPSA) is 53.6 Å². The molecule has 0 spiro atoms. The third-order valence-electron chi connectivity index (χ3n) is 2.62. The number of nitrogens with zero attached hydrogens (tertiary/aromatic N) is 2. The fraction of sp³-hybridized carbons (Fsp3) is 0.273. The Kier molecular flexibility index (Phi) is 2.29. The van der Waals surface area contributed by atoms with Crippen molar-refractivity contribution in [1.29, 1.82) is 0 Å². The van der Waals surface area contributed by atoms with Gasteiger partial charge < -0.3 is 5.32 Å². The maximum absolute atomic E-state index is 5.99. The highest BCUT2D eigenvalue weighted by Crippen LogP contribution is 2.39. The molecule has 0 aromatic carbocycles. The molecule has 0 unspecified atom stereocenters. The van der Waals surface area contributed by atoms with Gasteiger partial charge in [-0.3, -0.25) is 5.10 Å². The van der Waals surface area contributed by atoms with Gasteiger partial charge in [-0.2, -0.15) is 5.10 Å². The van der Waals surface area contributed by atoms with Crippen LogP contribution < -0.4 is 5.32 Å². The fourth-order valence-electron chi connectivity index (χ4n) is 1.60. The number of anilines is 2. The predicted octanol–water partition coefficient (Wildman–Crippen LogP) is 3.08. The van der Waals surface area contributed by atoms with Crippen LogP contribution in [-0.2, 0) is 0 Å². The average Bonchev–Trinajstić information content (AvgIpc) is 3.03. The number of nitrogens with one attached hydrogen (secondary N) is 2. The molecule has 82 valence electrons. The van der Waals surface area contributed by atoms with Gasteiger partial charge in [-0.1, -0.05) is 11.6 Å². The van der Waals surface area contributed by atoms with Crippen LogP contribution in [0.1, 0.15) is 24.5 Å². The molecule has 0 amide bonds. The Morgan fingerprint density at radius 1 is 1.44 bits per heavy atom. The van der Waals surface area contributed by atoms with Crippen LogP contribution in [0.5, 0.6) is 0 Å². The summed E-state index contributed by atoms with van der Waals surface area (Å²) in [7, 11) is 0. The Hall–Kier alpha value is -1.55. The van der Waals surface area contributed by atoms with Gasteiger partial charge in [-0.15, -0.1) is 0 Å². The Bertz CT molecular complexity index is 504. The van der Waals surface area contributed by atoms with Gasteiger partial charge in [-0.25, -0.2) is 4.98 Å². The second-order valence-electron chi connectivity index (χ2n) is 3.94. The minimum Gasteiger partial charge on any atom is -0.322 e. The standard InChI is InChI=1S/C11H11ClN4/c12-8-2-1-5-13-11(8)14-10-6-9(15-16-10)7-3-4-7/h1-2,5-7H,3-4H2,(H2,13,14,15,16). The number of pyridine rings is 1. The molecule has 0 bridgehead atoms. The van der Waals surface area contributed by atoms with Gasteiger partial charge in [0.1, 0.15) is 5.82 Å². The molecule has 16 heavy (non-hydrogen) atoms. The average molecular weight is 235 g/mol. The molecule has 2 aromatic heterocycles. The molecule has 0 aliphatic heterocycles. The molecule has 1 fully saturated rings. The van der Waals surface area contributed by atoms with Crippen LogP contribution >= 0.6 is 11.6 Å². The number of aromatic amines is 1. The first kappa shape index (κ1) is 9.66. The Morgan fingerprint density at radius 3 is 3.06 bits per heavy atom. The van der Waals surface area contributed by atoms with Crippen molar-refractivity contribution >= 4 is 23.2 Å². The Labute approximate surface area is 98.0 Å². The fourth-order valence-corrected chi connectivity index (χ4v) is 1.77. The molecule has 4 nitrogen and oxygen atoms in total. The second-order valence-corrected chi connectivity index (χ2v) is 4.35. The minimum atomic E-state index is 0.596. The highest BCUT2D eigenvalue weighted by molar-refractivity contribution is 6.33. The van der Waals surface area contributed by atoms with E-state index in [0.717, 1.165) is 5.82 Å². The molecule has 0 radical (unpaired) electrons. The lowest BCUT2D eigenvalue weighted by Gasteiger charge is -2.02. The van der Waals surface area contributed by atoms with Crippen LogP contribution in [0.25, 0.3) is 0 Å². The summed E-state index contributed by atoms with van der Waals surface area (Å²) in [6, 6.07) is 5.61. The van der Waals surface area contributed by atoms with Gasteiger partial charge in [0.15, 0.2) is 5.82 Å². The highest BCUT2D eigenvalue weighted by atomic mass is 35.5. The summed E-state index contributed by atoms with van der Waals surface area (Å²) in [5, 5.41) is 10.9. The summed E-state index contributed by atoms with van der Waals surface area (Å²) in [4.78, 5) is 4.15.